The van der Waals surface area contributed by atoms with Crippen molar-refractivity contribution in [3.05, 3.63) is 53.4 Å². The fourth-order valence-electron chi connectivity index (χ4n) is 3.12. The Kier molecular flexibility index (Phi) is 5.15. The van der Waals surface area contributed by atoms with Gasteiger partial charge in [0.2, 0.25) is 5.91 Å². The highest BCUT2D eigenvalue weighted by molar-refractivity contribution is 5.72. The number of aryl methyl sites for hydroxylation is 1. The molecule has 1 saturated heterocycles. The molecule has 24 heavy (non-hydrogen) atoms. The second-order valence-corrected chi connectivity index (χ2v) is 6.22. The van der Waals surface area contributed by atoms with Crippen molar-refractivity contribution in [2.75, 3.05) is 6.54 Å². The van der Waals surface area contributed by atoms with Gasteiger partial charge in [-0.2, -0.15) is 0 Å². The number of nitrogens with zero attached hydrogens (tertiary/aromatic N) is 4. The van der Waals surface area contributed by atoms with E-state index >= 15 is 0 Å². The summed E-state index contributed by atoms with van der Waals surface area (Å²) in [5.41, 5.74) is 3.16. The highest BCUT2D eigenvalue weighted by atomic mass is 16.1. The van der Waals surface area contributed by atoms with Crippen LogP contribution < -0.4 is 5.32 Å². The van der Waals surface area contributed by atoms with E-state index in [0.717, 1.165) is 42.3 Å². The molecule has 1 N–H and O–H groups in total. The number of likely N-dealkylation sites (tertiary alicyclic amines) is 1. The Morgan fingerprint density at radius 1 is 1.33 bits per heavy atom. The zero-order valence-electron chi connectivity index (χ0n) is 14.2. The first kappa shape index (κ1) is 16.5. The summed E-state index contributed by atoms with van der Waals surface area (Å²) in [6.07, 6.45) is 5.96. The van der Waals surface area contributed by atoms with Crippen LogP contribution in [0.25, 0.3) is 0 Å². The molecule has 3 rings (SSSR count). The predicted molar refractivity (Wildman–Crippen MR) is 90.9 cm³/mol. The SMILES string of the molecule is CC(=O)NCc1ccc([C@H]2CCCN2Cc2ccnc(C)n2)nc1. The normalized spacial score (nSPS) is 17.8. The summed E-state index contributed by atoms with van der Waals surface area (Å²) in [5, 5.41) is 2.79. The molecular weight excluding hydrogens is 302 g/mol. The first-order chi connectivity index (χ1) is 11.6. The fourth-order valence-corrected chi connectivity index (χ4v) is 3.12. The Balaban J connectivity index is 1.67. The molecule has 0 radical (unpaired) electrons. The van der Waals surface area contributed by atoms with Gasteiger partial charge >= 0.3 is 0 Å². The Hall–Kier alpha value is -2.34. The molecular formula is C18H23N5O. The number of carbonyl (C=O) groups excluding carboxylic acids is 1. The molecule has 0 spiro atoms. The first-order valence-corrected chi connectivity index (χ1v) is 8.33. The van der Waals surface area contributed by atoms with E-state index in [1.165, 1.54) is 13.3 Å². The molecule has 6 heteroatoms. The van der Waals surface area contributed by atoms with Crippen LogP contribution in [0.15, 0.2) is 30.6 Å². The molecule has 1 atom stereocenters. The van der Waals surface area contributed by atoms with E-state index in [2.05, 4.69) is 31.2 Å². The lowest BCUT2D eigenvalue weighted by molar-refractivity contribution is -0.119. The number of carbonyl (C=O) groups is 1. The number of hydrogen-bond donors (Lipinski definition) is 1. The molecule has 6 nitrogen and oxygen atoms in total. The minimum Gasteiger partial charge on any atom is -0.352 e. The number of rotatable bonds is 5. The molecule has 0 bridgehead atoms. The summed E-state index contributed by atoms with van der Waals surface area (Å²) < 4.78 is 0. The topological polar surface area (TPSA) is 71.0 Å². The Morgan fingerprint density at radius 3 is 2.92 bits per heavy atom. The molecule has 1 aliphatic rings. The molecule has 0 aromatic carbocycles. The van der Waals surface area contributed by atoms with Crippen LogP contribution in [-0.2, 0) is 17.9 Å². The highest BCUT2D eigenvalue weighted by Crippen LogP contribution is 2.31. The Morgan fingerprint density at radius 2 is 2.21 bits per heavy atom. The number of hydrogen-bond acceptors (Lipinski definition) is 5. The molecule has 0 unspecified atom stereocenters. The fraction of sp³-hybridized carbons (Fsp3) is 0.444. The molecule has 0 saturated carbocycles. The van der Waals surface area contributed by atoms with E-state index in [1.807, 2.05) is 31.5 Å². The molecule has 1 fully saturated rings. The maximum Gasteiger partial charge on any atom is 0.217 e. The van der Waals surface area contributed by atoms with Crippen molar-refractivity contribution >= 4 is 5.91 Å². The molecule has 2 aromatic heterocycles. The lowest BCUT2D eigenvalue weighted by atomic mass is 10.1. The van der Waals surface area contributed by atoms with Crippen LogP contribution in [0.1, 0.15) is 48.6 Å². The molecule has 3 heterocycles. The van der Waals surface area contributed by atoms with E-state index in [9.17, 15) is 4.79 Å². The zero-order valence-corrected chi connectivity index (χ0v) is 14.2. The third-order valence-corrected chi connectivity index (χ3v) is 4.29. The van der Waals surface area contributed by atoms with Gasteiger partial charge in [0, 0.05) is 32.4 Å². The van der Waals surface area contributed by atoms with Crippen LogP contribution in [0.2, 0.25) is 0 Å². The number of pyridine rings is 1. The molecule has 0 aliphatic carbocycles. The maximum atomic E-state index is 11.0. The zero-order chi connectivity index (χ0) is 16.9. The molecule has 1 aliphatic heterocycles. The lowest BCUT2D eigenvalue weighted by Gasteiger charge is -2.23. The minimum absolute atomic E-state index is 0.0267. The van der Waals surface area contributed by atoms with E-state index in [1.54, 1.807) is 0 Å². The van der Waals surface area contributed by atoms with Crippen LogP contribution >= 0.6 is 0 Å². The number of nitrogens with one attached hydrogen (secondary N) is 1. The van der Waals surface area contributed by atoms with Crippen molar-refractivity contribution in [1.29, 1.82) is 0 Å². The molecule has 126 valence electrons. The molecule has 2 aromatic rings. The van der Waals surface area contributed by atoms with Crippen molar-refractivity contribution in [1.82, 2.24) is 25.2 Å². The van der Waals surface area contributed by atoms with Crippen molar-refractivity contribution in [3.8, 4) is 0 Å². The van der Waals surface area contributed by atoms with Gasteiger partial charge in [0.1, 0.15) is 5.82 Å². The van der Waals surface area contributed by atoms with Crippen molar-refractivity contribution in [3.63, 3.8) is 0 Å². The summed E-state index contributed by atoms with van der Waals surface area (Å²) in [6.45, 7) is 5.84. The summed E-state index contributed by atoms with van der Waals surface area (Å²) in [4.78, 5) is 26.7. The van der Waals surface area contributed by atoms with Crippen LogP contribution in [-0.4, -0.2) is 32.3 Å². The summed E-state index contributed by atoms with van der Waals surface area (Å²) in [6, 6.07) is 6.43. The second kappa shape index (κ2) is 7.49. The van der Waals surface area contributed by atoms with Gasteiger partial charge in [0.25, 0.3) is 0 Å². The van der Waals surface area contributed by atoms with Gasteiger partial charge in [0.15, 0.2) is 0 Å². The van der Waals surface area contributed by atoms with Crippen LogP contribution in [0.4, 0.5) is 0 Å². The van der Waals surface area contributed by atoms with E-state index in [-0.39, 0.29) is 5.91 Å². The summed E-state index contributed by atoms with van der Waals surface area (Å²) in [7, 11) is 0. The van der Waals surface area contributed by atoms with Crippen molar-refractivity contribution < 1.29 is 4.79 Å². The third-order valence-electron chi connectivity index (χ3n) is 4.29. The van der Waals surface area contributed by atoms with E-state index in [0.29, 0.717) is 12.6 Å². The van der Waals surface area contributed by atoms with E-state index in [4.69, 9.17) is 0 Å². The predicted octanol–water partition coefficient (Wildman–Crippen LogP) is 2.15. The second-order valence-electron chi connectivity index (χ2n) is 6.22. The average Bonchev–Trinajstić information content (AvgIpc) is 3.01. The van der Waals surface area contributed by atoms with Gasteiger partial charge in [-0.25, -0.2) is 9.97 Å². The highest BCUT2D eigenvalue weighted by Gasteiger charge is 2.27. The quantitative estimate of drug-likeness (QED) is 0.912. The average molecular weight is 325 g/mol. The van der Waals surface area contributed by atoms with Gasteiger partial charge in [-0.1, -0.05) is 6.07 Å². The van der Waals surface area contributed by atoms with Gasteiger partial charge in [-0.3, -0.25) is 14.7 Å². The van der Waals surface area contributed by atoms with E-state index < -0.39 is 0 Å². The molecule has 1 amide bonds. The minimum atomic E-state index is -0.0267. The van der Waals surface area contributed by atoms with Crippen LogP contribution in [0, 0.1) is 6.92 Å². The standard InChI is InChI=1S/C18H23N5O/c1-13-19-8-7-16(22-13)12-23-9-3-4-18(23)17-6-5-15(11-21-17)10-20-14(2)24/h5-8,11,18H,3-4,9-10,12H2,1-2H3,(H,20,24)/t18-/m1/s1. The lowest BCUT2D eigenvalue weighted by Crippen LogP contribution is -2.24. The number of aromatic nitrogens is 3. The summed E-state index contributed by atoms with van der Waals surface area (Å²) in [5.74, 6) is 0.782. The third kappa shape index (κ3) is 4.14. The van der Waals surface area contributed by atoms with Gasteiger partial charge < -0.3 is 5.32 Å². The Bertz CT molecular complexity index is 701. The Labute approximate surface area is 142 Å². The number of amides is 1. The van der Waals surface area contributed by atoms with Crippen LogP contribution in [0.3, 0.4) is 0 Å². The van der Waals surface area contributed by atoms with Crippen molar-refractivity contribution in [2.24, 2.45) is 0 Å². The monoisotopic (exact) mass is 325 g/mol. The summed E-state index contributed by atoms with van der Waals surface area (Å²) >= 11 is 0. The first-order valence-electron chi connectivity index (χ1n) is 8.33. The van der Waals surface area contributed by atoms with Gasteiger partial charge in [-0.15, -0.1) is 0 Å². The van der Waals surface area contributed by atoms with Gasteiger partial charge in [-0.05, 0) is 44.0 Å². The van der Waals surface area contributed by atoms with Crippen molar-refractivity contribution in [2.45, 2.75) is 45.8 Å². The largest absolute Gasteiger partial charge is 0.352 e. The maximum absolute atomic E-state index is 11.0. The van der Waals surface area contributed by atoms with Gasteiger partial charge in [0.05, 0.1) is 17.4 Å². The smallest absolute Gasteiger partial charge is 0.217 e. The van der Waals surface area contributed by atoms with Crippen LogP contribution in [0.5, 0.6) is 0 Å².